The average Bonchev–Trinajstić information content (AvgIpc) is 3.19. The molecule has 7 nitrogen and oxygen atoms in total. The number of hydrogen-bond donors (Lipinski definition) is 1. The molecule has 1 aliphatic rings. The van der Waals surface area contributed by atoms with Crippen LogP contribution in [0.1, 0.15) is 49.6 Å². The van der Waals surface area contributed by atoms with Crippen molar-refractivity contribution < 1.29 is 4.79 Å². The molecule has 0 radical (unpaired) electrons. The predicted octanol–water partition coefficient (Wildman–Crippen LogP) is 2.02. The maximum Gasteiger partial charge on any atom is 0.223 e. The van der Waals surface area contributed by atoms with Crippen LogP contribution in [0.2, 0.25) is 0 Å². The first-order chi connectivity index (χ1) is 11.6. The average molecular weight is 330 g/mol. The summed E-state index contributed by atoms with van der Waals surface area (Å²) in [4.78, 5) is 23.3. The van der Waals surface area contributed by atoms with Crippen LogP contribution < -0.4 is 0 Å². The van der Waals surface area contributed by atoms with Gasteiger partial charge in [-0.3, -0.25) is 9.89 Å². The van der Waals surface area contributed by atoms with Crippen LogP contribution in [0.25, 0.3) is 0 Å². The topological polar surface area (TPSA) is 79.7 Å². The number of hydrogen-bond acceptors (Lipinski definition) is 4. The number of aromatic amines is 1. The maximum absolute atomic E-state index is 12.7. The second-order valence-electron chi connectivity index (χ2n) is 6.53. The van der Waals surface area contributed by atoms with E-state index in [0.29, 0.717) is 18.9 Å². The molecule has 1 N–H and O–H groups in total. The van der Waals surface area contributed by atoms with Crippen LogP contribution in [-0.2, 0) is 17.8 Å². The summed E-state index contributed by atoms with van der Waals surface area (Å²) < 4.78 is 2.16. The minimum absolute atomic E-state index is 0.226. The summed E-state index contributed by atoms with van der Waals surface area (Å²) in [5.41, 5.74) is 0. The predicted molar refractivity (Wildman–Crippen MR) is 90.4 cm³/mol. The van der Waals surface area contributed by atoms with Gasteiger partial charge in [0.1, 0.15) is 11.6 Å². The van der Waals surface area contributed by atoms with Crippen molar-refractivity contribution in [1.29, 1.82) is 0 Å². The molecule has 2 aromatic heterocycles. The quantitative estimate of drug-likeness (QED) is 0.879. The number of amides is 1. The second kappa shape index (κ2) is 7.59. The van der Waals surface area contributed by atoms with Crippen molar-refractivity contribution >= 4 is 5.91 Å². The normalized spacial score (nSPS) is 18.1. The van der Waals surface area contributed by atoms with Gasteiger partial charge in [-0.1, -0.05) is 0 Å². The summed E-state index contributed by atoms with van der Waals surface area (Å²) >= 11 is 0. The number of rotatable bonds is 6. The largest absolute Gasteiger partial charge is 0.340 e. The van der Waals surface area contributed by atoms with E-state index in [1.807, 2.05) is 26.2 Å². The van der Waals surface area contributed by atoms with Crippen molar-refractivity contribution in [2.24, 2.45) is 0 Å². The molecule has 1 fully saturated rings. The second-order valence-corrected chi connectivity index (χ2v) is 6.53. The van der Waals surface area contributed by atoms with Gasteiger partial charge in [-0.25, -0.2) is 9.97 Å². The summed E-state index contributed by atoms with van der Waals surface area (Å²) in [6.45, 7) is 5.68. The Balaban J connectivity index is 1.54. The molecular formula is C17H26N6O. The van der Waals surface area contributed by atoms with Crippen LogP contribution in [0.4, 0.5) is 0 Å². The van der Waals surface area contributed by atoms with Gasteiger partial charge in [0.05, 0.1) is 0 Å². The monoisotopic (exact) mass is 330 g/mol. The number of aryl methyl sites for hydroxylation is 4. The third-order valence-electron chi connectivity index (χ3n) is 4.78. The van der Waals surface area contributed by atoms with Gasteiger partial charge >= 0.3 is 0 Å². The number of piperidine rings is 1. The summed E-state index contributed by atoms with van der Waals surface area (Å²) in [6.07, 6.45) is 9.32. The van der Waals surface area contributed by atoms with Crippen molar-refractivity contribution in [3.63, 3.8) is 0 Å². The highest BCUT2D eigenvalue weighted by atomic mass is 16.2. The van der Waals surface area contributed by atoms with E-state index in [9.17, 15) is 4.79 Å². The molecule has 0 aliphatic carbocycles. The third kappa shape index (κ3) is 4.01. The summed E-state index contributed by atoms with van der Waals surface area (Å²) in [6, 6.07) is 0.335. The van der Waals surface area contributed by atoms with Crippen molar-refractivity contribution in [3.05, 3.63) is 29.9 Å². The fraction of sp³-hybridized carbons (Fsp3) is 0.647. The van der Waals surface area contributed by atoms with Gasteiger partial charge in [-0.05, 0) is 39.5 Å². The van der Waals surface area contributed by atoms with Gasteiger partial charge < -0.3 is 9.47 Å². The van der Waals surface area contributed by atoms with Crippen LogP contribution in [0.15, 0.2) is 12.4 Å². The lowest BCUT2D eigenvalue weighted by atomic mass is 9.98. The first-order valence-electron chi connectivity index (χ1n) is 8.78. The van der Waals surface area contributed by atoms with Crippen LogP contribution in [0, 0.1) is 13.8 Å². The van der Waals surface area contributed by atoms with E-state index in [1.165, 1.54) is 6.42 Å². The fourth-order valence-electron chi connectivity index (χ4n) is 3.42. The number of carbonyl (C=O) groups is 1. The molecule has 0 aromatic carbocycles. The molecule has 1 unspecified atom stereocenters. The molecule has 1 atom stereocenters. The van der Waals surface area contributed by atoms with E-state index in [0.717, 1.165) is 49.8 Å². The number of likely N-dealkylation sites (tertiary alicyclic amines) is 1. The zero-order chi connectivity index (χ0) is 16.9. The van der Waals surface area contributed by atoms with Crippen molar-refractivity contribution in [2.75, 3.05) is 6.54 Å². The minimum Gasteiger partial charge on any atom is -0.340 e. The summed E-state index contributed by atoms with van der Waals surface area (Å²) in [7, 11) is 0. The molecule has 7 heteroatoms. The fourth-order valence-corrected chi connectivity index (χ4v) is 3.42. The Hall–Kier alpha value is -2.18. The minimum atomic E-state index is 0.226. The molecule has 0 bridgehead atoms. The Bertz CT molecular complexity index is 676. The highest BCUT2D eigenvalue weighted by Crippen LogP contribution is 2.21. The van der Waals surface area contributed by atoms with Gasteiger partial charge in [0.15, 0.2) is 5.82 Å². The number of H-pyrrole nitrogens is 1. The maximum atomic E-state index is 12.7. The molecule has 0 spiro atoms. The van der Waals surface area contributed by atoms with E-state index in [4.69, 9.17) is 0 Å². The number of nitrogens with zero attached hydrogens (tertiary/aromatic N) is 5. The molecule has 3 heterocycles. The standard InChI is InChI=1S/C17H26N6O/c1-13-19-16(21-20-13)6-7-17(24)23-10-4-3-5-15(23)8-11-22-12-9-18-14(22)2/h9,12,15H,3-8,10-11H2,1-2H3,(H,19,20,21). The van der Waals surface area contributed by atoms with Crippen molar-refractivity contribution in [1.82, 2.24) is 29.6 Å². The Morgan fingerprint density at radius 2 is 2.25 bits per heavy atom. The summed E-state index contributed by atoms with van der Waals surface area (Å²) in [5, 5.41) is 6.94. The number of aromatic nitrogens is 5. The van der Waals surface area contributed by atoms with Crippen LogP contribution in [0.3, 0.4) is 0 Å². The van der Waals surface area contributed by atoms with Crippen LogP contribution in [-0.4, -0.2) is 48.1 Å². The molecule has 1 amide bonds. The van der Waals surface area contributed by atoms with Gasteiger partial charge in [0, 0.05) is 44.4 Å². The van der Waals surface area contributed by atoms with Gasteiger partial charge in [0.2, 0.25) is 5.91 Å². The van der Waals surface area contributed by atoms with Crippen molar-refractivity contribution in [2.45, 2.75) is 65.0 Å². The highest BCUT2D eigenvalue weighted by Gasteiger charge is 2.26. The third-order valence-corrected chi connectivity index (χ3v) is 4.78. The van der Waals surface area contributed by atoms with Gasteiger partial charge in [-0.2, -0.15) is 5.10 Å². The molecule has 0 saturated carbocycles. The zero-order valence-corrected chi connectivity index (χ0v) is 14.5. The Labute approximate surface area is 142 Å². The van der Waals surface area contributed by atoms with Gasteiger partial charge in [0.25, 0.3) is 0 Å². The first kappa shape index (κ1) is 16.7. The molecule has 130 valence electrons. The lowest BCUT2D eigenvalue weighted by molar-refractivity contribution is -0.135. The SMILES string of the molecule is Cc1nc(CCC(=O)N2CCCCC2CCn2ccnc2C)n[nH]1. The number of carbonyl (C=O) groups excluding carboxylic acids is 1. The van der Waals surface area contributed by atoms with Gasteiger partial charge in [-0.15, -0.1) is 0 Å². The molecule has 24 heavy (non-hydrogen) atoms. The molecule has 3 rings (SSSR count). The van der Waals surface area contributed by atoms with E-state index in [1.54, 1.807) is 0 Å². The van der Waals surface area contributed by atoms with E-state index >= 15 is 0 Å². The highest BCUT2D eigenvalue weighted by molar-refractivity contribution is 5.76. The number of nitrogens with one attached hydrogen (secondary N) is 1. The lowest BCUT2D eigenvalue weighted by Gasteiger charge is -2.36. The van der Waals surface area contributed by atoms with Crippen LogP contribution in [0.5, 0.6) is 0 Å². The van der Waals surface area contributed by atoms with E-state index in [2.05, 4.69) is 29.6 Å². The lowest BCUT2D eigenvalue weighted by Crippen LogP contribution is -2.44. The molecule has 1 aliphatic heterocycles. The number of imidazole rings is 1. The first-order valence-corrected chi connectivity index (χ1v) is 8.78. The van der Waals surface area contributed by atoms with E-state index < -0.39 is 0 Å². The Kier molecular flexibility index (Phi) is 5.27. The van der Waals surface area contributed by atoms with E-state index in [-0.39, 0.29) is 5.91 Å². The smallest absolute Gasteiger partial charge is 0.223 e. The zero-order valence-electron chi connectivity index (χ0n) is 14.5. The summed E-state index contributed by atoms with van der Waals surface area (Å²) in [5.74, 6) is 2.78. The Morgan fingerprint density at radius 1 is 1.38 bits per heavy atom. The molecular weight excluding hydrogens is 304 g/mol. The Morgan fingerprint density at radius 3 is 2.96 bits per heavy atom. The molecule has 1 saturated heterocycles. The van der Waals surface area contributed by atoms with Crippen LogP contribution >= 0.6 is 0 Å². The molecule has 2 aromatic rings. The van der Waals surface area contributed by atoms with Crippen molar-refractivity contribution in [3.8, 4) is 0 Å².